The van der Waals surface area contributed by atoms with E-state index in [0.29, 0.717) is 30.3 Å². The summed E-state index contributed by atoms with van der Waals surface area (Å²) in [4.78, 5) is 28.3. The van der Waals surface area contributed by atoms with Gasteiger partial charge in [-0.2, -0.15) is 0 Å². The molecule has 0 saturated carbocycles. The summed E-state index contributed by atoms with van der Waals surface area (Å²) in [6.45, 7) is 6.59. The van der Waals surface area contributed by atoms with Crippen molar-refractivity contribution in [1.29, 1.82) is 0 Å². The van der Waals surface area contributed by atoms with E-state index < -0.39 is 6.03 Å². The van der Waals surface area contributed by atoms with Gasteiger partial charge in [-0.25, -0.2) is 14.8 Å². The summed E-state index contributed by atoms with van der Waals surface area (Å²) in [6, 6.07) is 1.20. The van der Waals surface area contributed by atoms with Crippen molar-refractivity contribution in [2.24, 2.45) is 21.6 Å². The van der Waals surface area contributed by atoms with E-state index in [1.165, 1.54) is 14.2 Å². The molecular formula is C28H39Cl2N7O3. The van der Waals surface area contributed by atoms with Crippen LogP contribution in [0.25, 0.3) is 0 Å². The number of ether oxygens (including phenoxy) is 2. The number of hydrogen-bond acceptors (Lipinski definition) is 8. The van der Waals surface area contributed by atoms with Crippen molar-refractivity contribution in [2.45, 2.75) is 38.4 Å². The molecule has 0 spiro atoms. The van der Waals surface area contributed by atoms with Crippen LogP contribution < -0.4 is 20.5 Å². The van der Waals surface area contributed by atoms with Gasteiger partial charge in [-0.3, -0.25) is 0 Å². The Hall–Kier alpha value is -3.21. The van der Waals surface area contributed by atoms with Crippen LogP contribution in [0.4, 0.5) is 10.5 Å². The summed E-state index contributed by atoms with van der Waals surface area (Å²) in [7, 11) is 8.51. The molecule has 10 nitrogen and oxygen atoms in total. The minimum atomic E-state index is -0.419. The number of amides is 2. The Balaban J connectivity index is 1.83. The molecule has 1 aromatic rings. The fraction of sp³-hybridized carbons (Fsp3) is 0.464. The molecule has 3 atom stereocenters. The highest BCUT2D eigenvalue weighted by Gasteiger charge is 2.27. The topological polar surface area (TPSA) is 108 Å². The average Bonchev–Trinajstić information content (AvgIpc) is 3.11. The number of nitrogens with two attached hydrogens (primary N) is 1. The molecule has 0 radical (unpaired) electrons. The van der Waals surface area contributed by atoms with Gasteiger partial charge in [0.1, 0.15) is 33.5 Å². The zero-order chi connectivity index (χ0) is 29.6. The molecule has 1 aromatic carbocycles. The van der Waals surface area contributed by atoms with E-state index in [0.717, 1.165) is 24.3 Å². The summed E-state index contributed by atoms with van der Waals surface area (Å²) < 4.78 is 10.6. The standard InChI is InChI=1S/C28H39Cl2N7O3/c1-8-13-35(3)20-14-18(17(2)31)9-10-19(20)33-23-11-12-24(36(4)16-32-23)37(5)28(38)34-27-25(29)21(39-6)15-22(40-7)26(27)30/h8,11,14-18,24H,1,9-10,12-13,31H2,2-7H3,(H,34,38). The number of hydrogen-bond donors (Lipinski definition) is 2. The van der Waals surface area contributed by atoms with Crippen LogP contribution in [0.3, 0.4) is 0 Å². The molecule has 40 heavy (non-hydrogen) atoms. The zero-order valence-electron chi connectivity index (χ0n) is 23.9. The lowest BCUT2D eigenvalue weighted by atomic mass is 9.87. The van der Waals surface area contributed by atoms with Crippen molar-refractivity contribution in [3.63, 3.8) is 0 Å². The predicted molar refractivity (Wildman–Crippen MR) is 164 cm³/mol. The highest BCUT2D eigenvalue weighted by Crippen LogP contribution is 2.44. The Labute approximate surface area is 246 Å². The fourth-order valence-corrected chi connectivity index (χ4v) is 5.20. The Bertz CT molecular complexity index is 1200. The van der Waals surface area contributed by atoms with Crippen molar-refractivity contribution in [3.8, 4) is 11.5 Å². The fourth-order valence-electron chi connectivity index (χ4n) is 4.61. The maximum absolute atomic E-state index is 13.3. The van der Waals surface area contributed by atoms with Gasteiger partial charge in [0.25, 0.3) is 0 Å². The van der Waals surface area contributed by atoms with E-state index in [-0.39, 0.29) is 33.9 Å². The number of rotatable bonds is 9. The number of nitrogens with zero attached hydrogens (tertiary/aromatic N) is 5. The summed E-state index contributed by atoms with van der Waals surface area (Å²) in [6.07, 6.45) is 9.52. The van der Waals surface area contributed by atoms with Crippen LogP contribution in [0.1, 0.15) is 26.2 Å². The van der Waals surface area contributed by atoms with E-state index >= 15 is 0 Å². The van der Waals surface area contributed by atoms with Crippen molar-refractivity contribution < 1.29 is 14.3 Å². The van der Waals surface area contributed by atoms with Gasteiger partial charge in [0.15, 0.2) is 0 Å². The first kappa shape index (κ1) is 31.3. The molecule has 0 saturated heterocycles. The van der Waals surface area contributed by atoms with Gasteiger partial charge >= 0.3 is 6.03 Å². The molecule has 12 heteroatoms. The third-order valence-corrected chi connectivity index (χ3v) is 7.80. The summed E-state index contributed by atoms with van der Waals surface area (Å²) in [5, 5.41) is 3.15. The number of halogens is 2. The van der Waals surface area contributed by atoms with E-state index in [1.54, 1.807) is 24.4 Å². The van der Waals surface area contributed by atoms with Crippen molar-refractivity contribution in [3.05, 3.63) is 52.4 Å². The van der Waals surface area contributed by atoms with Crippen molar-refractivity contribution in [2.75, 3.05) is 47.2 Å². The molecule has 2 amide bonds. The molecule has 1 aliphatic heterocycles. The molecule has 3 rings (SSSR count). The highest BCUT2D eigenvalue weighted by atomic mass is 35.5. The summed E-state index contributed by atoms with van der Waals surface area (Å²) in [5.41, 5.74) is 8.40. The molecule has 218 valence electrons. The number of nitrogens with one attached hydrogen (secondary N) is 1. The molecule has 3 N–H and O–H groups in total. The number of urea groups is 1. The number of methoxy groups -OCH3 is 2. The van der Waals surface area contributed by atoms with Crippen molar-refractivity contribution >= 4 is 47.0 Å². The lowest BCUT2D eigenvalue weighted by molar-refractivity contribution is 0.158. The molecule has 1 aliphatic carbocycles. The lowest BCUT2D eigenvalue weighted by Gasteiger charge is -2.33. The largest absolute Gasteiger partial charge is 0.495 e. The normalized spacial score (nSPS) is 20.7. The molecule has 0 aromatic heterocycles. The number of benzene rings is 1. The predicted octanol–water partition coefficient (Wildman–Crippen LogP) is 5.21. The Kier molecular flexibility index (Phi) is 10.9. The van der Waals surface area contributed by atoms with E-state index in [9.17, 15) is 4.79 Å². The zero-order valence-corrected chi connectivity index (χ0v) is 25.5. The first-order valence-corrected chi connectivity index (χ1v) is 13.7. The molecule has 2 aliphatic rings. The van der Waals surface area contributed by atoms with Gasteiger partial charge in [-0.05, 0) is 31.8 Å². The quantitative estimate of drug-likeness (QED) is 0.382. The Morgan fingerprint density at radius 3 is 2.55 bits per heavy atom. The third-order valence-electron chi connectivity index (χ3n) is 7.05. The van der Waals surface area contributed by atoms with E-state index in [2.05, 4.69) is 27.9 Å². The minimum absolute atomic E-state index is 0.0581. The Morgan fingerprint density at radius 2 is 1.98 bits per heavy atom. The lowest BCUT2D eigenvalue weighted by Crippen LogP contribution is -2.48. The van der Waals surface area contributed by atoms with Crippen LogP contribution in [0, 0.1) is 5.92 Å². The third kappa shape index (κ3) is 7.10. The average molecular weight is 593 g/mol. The SMILES string of the molecule is C=CCN(C)C1=CC(C(C)N)CCC1=NC1=CCC(N(C)C(=O)Nc2c(Cl)c(OC)cc(OC)c2Cl)N(C)C=N1. The molecular weight excluding hydrogens is 553 g/mol. The van der Waals surface area contributed by atoms with Crippen LogP contribution in [0.2, 0.25) is 10.0 Å². The Morgan fingerprint density at radius 1 is 1.32 bits per heavy atom. The number of anilines is 1. The summed E-state index contributed by atoms with van der Waals surface area (Å²) >= 11 is 12.9. The van der Waals surface area contributed by atoms with E-state index in [1.807, 2.05) is 38.1 Å². The van der Waals surface area contributed by atoms with Crippen LogP contribution >= 0.6 is 23.2 Å². The molecule has 0 fully saturated rings. The second-order valence-electron chi connectivity index (χ2n) is 9.86. The smallest absolute Gasteiger partial charge is 0.323 e. The second kappa shape index (κ2) is 13.9. The first-order chi connectivity index (χ1) is 19.0. The van der Waals surface area contributed by atoms with Crippen LogP contribution in [0.15, 0.2) is 52.4 Å². The molecule has 3 unspecified atom stereocenters. The van der Waals surface area contributed by atoms with Gasteiger partial charge in [-0.15, -0.1) is 6.58 Å². The molecule has 0 bridgehead atoms. The van der Waals surface area contributed by atoms with Crippen molar-refractivity contribution in [1.82, 2.24) is 14.7 Å². The summed E-state index contributed by atoms with van der Waals surface area (Å²) in [5.74, 6) is 1.52. The molecule has 1 heterocycles. The van der Waals surface area contributed by atoms with Gasteiger partial charge in [-0.1, -0.05) is 35.4 Å². The van der Waals surface area contributed by atoms with E-state index in [4.69, 9.17) is 43.4 Å². The number of allylic oxidation sites excluding steroid dienone is 1. The highest BCUT2D eigenvalue weighted by molar-refractivity contribution is 6.41. The monoisotopic (exact) mass is 591 g/mol. The second-order valence-corrected chi connectivity index (χ2v) is 10.6. The van der Waals surface area contributed by atoms with Gasteiger partial charge in [0.05, 0.1) is 37.7 Å². The number of aliphatic imine (C=N–C) groups is 2. The van der Waals surface area contributed by atoms with Gasteiger partial charge in [0, 0.05) is 46.2 Å². The number of likely N-dealkylation sites (N-methyl/N-ethyl adjacent to an activating group) is 1. The van der Waals surface area contributed by atoms with Gasteiger partial charge < -0.3 is 35.2 Å². The minimum Gasteiger partial charge on any atom is -0.495 e. The number of carbonyl (C=O) groups is 1. The maximum atomic E-state index is 13.3. The maximum Gasteiger partial charge on any atom is 0.323 e. The van der Waals surface area contributed by atoms with Gasteiger partial charge in [0.2, 0.25) is 0 Å². The van der Waals surface area contributed by atoms with Crippen LogP contribution in [-0.2, 0) is 0 Å². The number of carbonyl (C=O) groups excluding carboxylic acids is 1. The first-order valence-electron chi connectivity index (χ1n) is 13.0. The van der Waals surface area contributed by atoms with Crippen LogP contribution in [0.5, 0.6) is 11.5 Å². The van der Waals surface area contributed by atoms with Crippen LogP contribution in [-0.4, -0.2) is 86.9 Å².